The molecule has 1 aliphatic carbocycles. The van der Waals surface area contributed by atoms with E-state index >= 15 is 0 Å². The highest BCUT2D eigenvalue weighted by atomic mass is 16.7. The first-order chi connectivity index (χ1) is 8.86. The van der Waals surface area contributed by atoms with Crippen LogP contribution in [0.3, 0.4) is 0 Å². The normalized spacial score (nSPS) is 32.5. The molecule has 0 aromatic heterocycles. The highest BCUT2D eigenvalue weighted by Gasteiger charge is 2.48. The molecule has 0 radical (unpaired) electrons. The standard InChI is InChI=1S/C17H30O2/c1-6-14-9-17(10-15(14)8-7-13(2)3)11-18-16(4,5)19-12-17/h7,14-15H,6,8-12H2,1-5H3/t14-,15-/m1/s1. The summed E-state index contributed by atoms with van der Waals surface area (Å²) in [7, 11) is 0. The van der Waals surface area contributed by atoms with Gasteiger partial charge in [-0.15, -0.1) is 0 Å². The quantitative estimate of drug-likeness (QED) is 0.698. The van der Waals surface area contributed by atoms with E-state index in [2.05, 4.69) is 26.8 Å². The van der Waals surface area contributed by atoms with E-state index in [1.54, 1.807) is 0 Å². The highest BCUT2D eigenvalue weighted by Crippen LogP contribution is 2.51. The van der Waals surface area contributed by atoms with Gasteiger partial charge in [-0.25, -0.2) is 0 Å². The molecule has 1 spiro atoms. The topological polar surface area (TPSA) is 18.5 Å². The van der Waals surface area contributed by atoms with Gasteiger partial charge in [0.25, 0.3) is 0 Å². The summed E-state index contributed by atoms with van der Waals surface area (Å²) in [6.45, 7) is 12.5. The molecule has 0 N–H and O–H groups in total. The summed E-state index contributed by atoms with van der Waals surface area (Å²) in [6.07, 6.45) is 7.46. The zero-order valence-corrected chi connectivity index (χ0v) is 13.3. The van der Waals surface area contributed by atoms with Gasteiger partial charge in [0.2, 0.25) is 0 Å². The molecular formula is C17H30O2. The van der Waals surface area contributed by atoms with Crippen LogP contribution in [-0.2, 0) is 9.47 Å². The predicted molar refractivity (Wildman–Crippen MR) is 79.0 cm³/mol. The smallest absolute Gasteiger partial charge is 0.162 e. The average Bonchev–Trinajstić information content (AvgIpc) is 2.70. The third kappa shape index (κ3) is 3.61. The van der Waals surface area contributed by atoms with Crippen molar-refractivity contribution in [1.82, 2.24) is 0 Å². The molecule has 0 amide bonds. The molecular weight excluding hydrogens is 236 g/mol. The fraction of sp³-hybridized carbons (Fsp3) is 0.882. The van der Waals surface area contributed by atoms with Crippen LogP contribution in [0.4, 0.5) is 0 Å². The molecule has 2 rings (SSSR count). The van der Waals surface area contributed by atoms with Gasteiger partial charge in [-0.2, -0.15) is 0 Å². The van der Waals surface area contributed by atoms with Crippen LogP contribution in [0.15, 0.2) is 11.6 Å². The van der Waals surface area contributed by atoms with Crippen molar-refractivity contribution in [2.24, 2.45) is 17.3 Å². The Balaban J connectivity index is 2.00. The summed E-state index contributed by atoms with van der Waals surface area (Å²) in [5, 5.41) is 0. The van der Waals surface area contributed by atoms with Gasteiger partial charge in [-0.05, 0) is 58.8 Å². The van der Waals surface area contributed by atoms with Gasteiger partial charge in [-0.1, -0.05) is 25.0 Å². The molecule has 2 nitrogen and oxygen atoms in total. The number of ether oxygens (including phenoxy) is 2. The lowest BCUT2D eigenvalue weighted by molar-refractivity contribution is -0.285. The molecule has 0 aromatic rings. The molecule has 1 heterocycles. The molecule has 0 aromatic carbocycles. The summed E-state index contributed by atoms with van der Waals surface area (Å²) < 4.78 is 11.9. The molecule has 2 atom stereocenters. The minimum Gasteiger partial charge on any atom is -0.350 e. The second-order valence-corrected chi connectivity index (χ2v) is 7.33. The summed E-state index contributed by atoms with van der Waals surface area (Å²) >= 11 is 0. The number of hydrogen-bond donors (Lipinski definition) is 0. The molecule has 2 heteroatoms. The minimum atomic E-state index is -0.384. The number of rotatable bonds is 3. The van der Waals surface area contributed by atoms with Gasteiger partial charge in [0.05, 0.1) is 13.2 Å². The molecule has 2 fully saturated rings. The SMILES string of the molecule is CC[C@@H]1CC2(COC(C)(C)OC2)C[C@H]1CC=C(C)C. The van der Waals surface area contributed by atoms with Crippen LogP contribution in [0.1, 0.15) is 60.3 Å². The van der Waals surface area contributed by atoms with Crippen molar-refractivity contribution in [2.45, 2.75) is 66.1 Å². The van der Waals surface area contributed by atoms with Crippen molar-refractivity contribution in [3.63, 3.8) is 0 Å². The first kappa shape index (κ1) is 15.1. The van der Waals surface area contributed by atoms with Crippen molar-refractivity contribution in [3.8, 4) is 0 Å². The molecule has 2 aliphatic rings. The third-order valence-electron chi connectivity index (χ3n) is 4.86. The van der Waals surface area contributed by atoms with Gasteiger partial charge in [0.15, 0.2) is 5.79 Å². The van der Waals surface area contributed by atoms with Crippen molar-refractivity contribution in [3.05, 3.63) is 11.6 Å². The molecule has 1 saturated heterocycles. The van der Waals surface area contributed by atoms with Crippen molar-refractivity contribution in [1.29, 1.82) is 0 Å². The number of hydrogen-bond acceptors (Lipinski definition) is 2. The van der Waals surface area contributed by atoms with Crippen LogP contribution < -0.4 is 0 Å². The van der Waals surface area contributed by atoms with E-state index < -0.39 is 0 Å². The van der Waals surface area contributed by atoms with Gasteiger partial charge in [0.1, 0.15) is 0 Å². The maximum Gasteiger partial charge on any atom is 0.162 e. The summed E-state index contributed by atoms with van der Waals surface area (Å²) in [4.78, 5) is 0. The van der Waals surface area contributed by atoms with Gasteiger partial charge in [0, 0.05) is 5.41 Å². The summed E-state index contributed by atoms with van der Waals surface area (Å²) in [5.74, 6) is 1.27. The minimum absolute atomic E-state index is 0.288. The fourth-order valence-electron chi connectivity index (χ4n) is 3.64. The molecule has 19 heavy (non-hydrogen) atoms. The Morgan fingerprint density at radius 1 is 1.11 bits per heavy atom. The van der Waals surface area contributed by atoms with Gasteiger partial charge in [-0.3, -0.25) is 0 Å². The van der Waals surface area contributed by atoms with Crippen LogP contribution in [-0.4, -0.2) is 19.0 Å². The third-order valence-corrected chi connectivity index (χ3v) is 4.86. The maximum absolute atomic E-state index is 5.93. The van der Waals surface area contributed by atoms with Crippen LogP contribution in [0.5, 0.6) is 0 Å². The monoisotopic (exact) mass is 266 g/mol. The van der Waals surface area contributed by atoms with Crippen molar-refractivity contribution < 1.29 is 9.47 Å². The zero-order valence-electron chi connectivity index (χ0n) is 13.3. The molecule has 1 saturated carbocycles. The van der Waals surface area contributed by atoms with E-state index in [1.807, 2.05) is 13.8 Å². The van der Waals surface area contributed by atoms with Gasteiger partial charge < -0.3 is 9.47 Å². The Hall–Kier alpha value is -0.340. The van der Waals surface area contributed by atoms with Gasteiger partial charge >= 0.3 is 0 Å². The summed E-state index contributed by atoms with van der Waals surface area (Å²) in [6, 6.07) is 0. The largest absolute Gasteiger partial charge is 0.350 e. The Morgan fingerprint density at radius 2 is 1.68 bits per heavy atom. The van der Waals surface area contributed by atoms with Crippen LogP contribution >= 0.6 is 0 Å². The second kappa shape index (κ2) is 5.57. The van der Waals surface area contributed by atoms with E-state index in [-0.39, 0.29) is 11.2 Å². The number of allylic oxidation sites excluding steroid dienone is 2. The second-order valence-electron chi connectivity index (χ2n) is 7.33. The fourth-order valence-corrected chi connectivity index (χ4v) is 3.64. The maximum atomic E-state index is 5.93. The first-order valence-corrected chi connectivity index (χ1v) is 7.77. The van der Waals surface area contributed by atoms with E-state index in [0.717, 1.165) is 25.0 Å². The highest BCUT2D eigenvalue weighted by molar-refractivity contribution is 5.01. The molecule has 110 valence electrons. The van der Waals surface area contributed by atoms with E-state index in [0.29, 0.717) is 0 Å². The molecule has 0 bridgehead atoms. The Bertz CT molecular complexity index is 329. The Morgan fingerprint density at radius 3 is 2.21 bits per heavy atom. The lowest BCUT2D eigenvalue weighted by atomic mass is 9.85. The van der Waals surface area contributed by atoms with Crippen LogP contribution in [0.2, 0.25) is 0 Å². The molecule has 1 aliphatic heterocycles. The van der Waals surface area contributed by atoms with Crippen molar-refractivity contribution >= 4 is 0 Å². The van der Waals surface area contributed by atoms with Crippen LogP contribution in [0, 0.1) is 17.3 Å². The van der Waals surface area contributed by atoms with E-state index in [9.17, 15) is 0 Å². The lowest BCUT2D eigenvalue weighted by Crippen LogP contribution is -2.45. The Labute approximate surface area is 118 Å². The van der Waals surface area contributed by atoms with E-state index in [4.69, 9.17) is 9.47 Å². The molecule has 0 unspecified atom stereocenters. The Kier molecular flexibility index (Phi) is 4.42. The summed E-state index contributed by atoms with van der Waals surface area (Å²) in [5.41, 5.74) is 1.73. The van der Waals surface area contributed by atoms with Crippen LogP contribution in [0.25, 0.3) is 0 Å². The lowest BCUT2D eigenvalue weighted by Gasteiger charge is -2.41. The average molecular weight is 266 g/mol. The van der Waals surface area contributed by atoms with Crippen molar-refractivity contribution in [2.75, 3.05) is 13.2 Å². The van der Waals surface area contributed by atoms with E-state index in [1.165, 1.54) is 31.3 Å². The zero-order chi connectivity index (χ0) is 14.1. The first-order valence-electron chi connectivity index (χ1n) is 7.77. The predicted octanol–water partition coefficient (Wildman–Crippen LogP) is 4.55.